The molecule has 0 atom stereocenters. The van der Waals surface area contributed by atoms with Gasteiger partial charge in [0.25, 0.3) is 0 Å². The summed E-state index contributed by atoms with van der Waals surface area (Å²) in [6.45, 7) is 3.33. The molecule has 0 aromatic heterocycles. The first-order chi connectivity index (χ1) is 5.34. The van der Waals surface area contributed by atoms with E-state index in [1.54, 1.807) is 0 Å². The fourth-order valence-corrected chi connectivity index (χ4v) is 2.20. The first kappa shape index (κ1) is 7.43. The standard InChI is InChI=1S/C7H13N3S/c1-10-4-6(5-10)9-7-8-2-3-11-7/h6H,2-5H2,1H3,(H,8,9). The van der Waals surface area contributed by atoms with E-state index in [0.717, 1.165) is 17.5 Å². The van der Waals surface area contributed by atoms with Gasteiger partial charge in [-0.3, -0.25) is 4.99 Å². The van der Waals surface area contributed by atoms with Crippen molar-refractivity contribution in [2.45, 2.75) is 6.04 Å². The summed E-state index contributed by atoms with van der Waals surface area (Å²) in [7, 11) is 2.14. The minimum atomic E-state index is 0.657. The lowest BCUT2D eigenvalue weighted by atomic mass is 10.1. The zero-order valence-electron chi connectivity index (χ0n) is 6.71. The Hall–Kier alpha value is -0.220. The lowest BCUT2D eigenvalue weighted by Crippen LogP contribution is -2.56. The molecule has 0 aliphatic carbocycles. The van der Waals surface area contributed by atoms with Crippen LogP contribution in [0.3, 0.4) is 0 Å². The maximum atomic E-state index is 4.33. The van der Waals surface area contributed by atoms with Crippen LogP contribution in [0, 0.1) is 0 Å². The van der Waals surface area contributed by atoms with Gasteiger partial charge in [0.1, 0.15) is 0 Å². The largest absolute Gasteiger partial charge is 0.360 e. The molecular weight excluding hydrogens is 158 g/mol. The summed E-state index contributed by atoms with van der Waals surface area (Å²) in [4.78, 5) is 6.64. The first-order valence-electron chi connectivity index (χ1n) is 3.97. The zero-order chi connectivity index (χ0) is 7.68. The van der Waals surface area contributed by atoms with Crippen LogP contribution in [0.4, 0.5) is 0 Å². The van der Waals surface area contributed by atoms with Gasteiger partial charge in [-0.1, -0.05) is 11.8 Å². The maximum absolute atomic E-state index is 4.33. The number of nitrogens with zero attached hydrogens (tertiary/aromatic N) is 2. The van der Waals surface area contributed by atoms with Crippen molar-refractivity contribution in [1.29, 1.82) is 0 Å². The minimum absolute atomic E-state index is 0.657. The lowest BCUT2D eigenvalue weighted by Gasteiger charge is -2.36. The molecule has 11 heavy (non-hydrogen) atoms. The van der Waals surface area contributed by atoms with E-state index < -0.39 is 0 Å². The Labute approximate surface area is 71.2 Å². The molecule has 0 amide bonds. The summed E-state index contributed by atoms with van der Waals surface area (Å²) in [5.41, 5.74) is 0. The summed E-state index contributed by atoms with van der Waals surface area (Å²) in [5.74, 6) is 1.16. The maximum Gasteiger partial charge on any atom is 0.156 e. The van der Waals surface area contributed by atoms with E-state index in [1.165, 1.54) is 13.1 Å². The normalized spacial score (nSPS) is 26.5. The Morgan fingerprint density at radius 1 is 1.64 bits per heavy atom. The molecule has 0 radical (unpaired) electrons. The molecule has 2 rings (SSSR count). The summed E-state index contributed by atoms with van der Waals surface area (Å²) in [6.07, 6.45) is 0. The number of likely N-dealkylation sites (tertiary alicyclic amines) is 1. The van der Waals surface area contributed by atoms with Gasteiger partial charge in [-0.2, -0.15) is 0 Å². The molecule has 2 heterocycles. The van der Waals surface area contributed by atoms with Gasteiger partial charge in [-0.25, -0.2) is 0 Å². The average molecular weight is 171 g/mol. The molecule has 0 saturated carbocycles. The van der Waals surface area contributed by atoms with Crippen molar-refractivity contribution in [2.75, 3.05) is 32.4 Å². The zero-order valence-corrected chi connectivity index (χ0v) is 7.52. The number of amidine groups is 1. The van der Waals surface area contributed by atoms with Crippen LogP contribution in [-0.2, 0) is 0 Å². The summed E-state index contributed by atoms with van der Waals surface area (Å²) in [5, 5.41) is 4.57. The van der Waals surface area contributed by atoms with E-state index >= 15 is 0 Å². The van der Waals surface area contributed by atoms with Crippen molar-refractivity contribution in [3.05, 3.63) is 0 Å². The van der Waals surface area contributed by atoms with Crippen molar-refractivity contribution in [3.63, 3.8) is 0 Å². The molecule has 3 nitrogen and oxygen atoms in total. The smallest absolute Gasteiger partial charge is 0.156 e. The van der Waals surface area contributed by atoms with Crippen molar-refractivity contribution in [1.82, 2.24) is 10.2 Å². The summed E-state index contributed by atoms with van der Waals surface area (Å²) in [6, 6.07) is 0.657. The van der Waals surface area contributed by atoms with Gasteiger partial charge < -0.3 is 10.2 Å². The second kappa shape index (κ2) is 3.03. The number of thioether (sulfide) groups is 1. The highest BCUT2D eigenvalue weighted by Gasteiger charge is 2.24. The van der Waals surface area contributed by atoms with Crippen LogP contribution in [0.15, 0.2) is 4.99 Å². The van der Waals surface area contributed by atoms with E-state index in [2.05, 4.69) is 22.3 Å². The molecular formula is C7H13N3S. The summed E-state index contributed by atoms with van der Waals surface area (Å²) < 4.78 is 0. The lowest BCUT2D eigenvalue weighted by molar-refractivity contribution is 0.178. The van der Waals surface area contributed by atoms with Crippen LogP contribution >= 0.6 is 11.8 Å². The van der Waals surface area contributed by atoms with Gasteiger partial charge in [0.15, 0.2) is 5.17 Å². The van der Waals surface area contributed by atoms with Crippen LogP contribution in [0.25, 0.3) is 0 Å². The van der Waals surface area contributed by atoms with Crippen molar-refractivity contribution in [2.24, 2.45) is 4.99 Å². The van der Waals surface area contributed by atoms with Crippen LogP contribution in [0.5, 0.6) is 0 Å². The highest BCUT2D eigenvalue weighted by molar-refractivity contribution is 8.14. The van der Waals surface area contributed by atoms with Crippen LogP contribution < -0.4 is 5.32 Å². The Balaban J connectivity index is 1.74. The highest BCUT2D eigenvalue weighted by atomic mass is 32.2. The molecule has 0 aromatic carbocycles. The quantitative estimate of drug-likeness (QED) is 0.601. The van der Waals surface area contributed by atoms with Crippen molar-refractivity contribution < 1.29 is 0 Å². The second-order valence-electron chi connectivity index (χ2n) is 3.10. The molecule has 0 bridgehead atoms. The fourth-order valence-electron chi connectivity index (χ4n) is 1.39. The molecule has 1 N–H and O–H groups in total. The molecule has 2 aliphatic rings. The fraction of sp³-hybridized carbons (Fsp3) is 0.857. The Bertz CT molecular complexity index is 175. The van der Waals surface area contributed by atoms with Gasteiger partial charge in [0, 0.05) is 18.8 Å². The third-order valence-electron chi connectivity index (χ3n) is 1.98. The minimum Gasteiger partial charge on any atom is -0.360 e. The number of hydrogen-bond donors (Lipinski definition) is 1. The Morgan fingerprint density at radius 3 is 3.00 bits per heavy atom. The van der Waals surface area contributed by atoms with Gasteiger partial charge in [-0.05, 0) is 7.05 Å². The third-order valence-corrected chi connectivity index (χ3v) is 2.88. The molecule has 0 spiro atoms. The van der Waals surface area contributed by atoms with E-state index in [0.29, 0.717) is 6.04 Å². The Kier molecular flexibility index (Phi) is 2.05. The Morgan fingerprint density at radius 2 is 2.45 bits per heavy atom. The van der Waals surface area contributed by atoms with Crippen molar-refractivity contribution >= 4 is 16.9 Å². The summed E-state index contributed by atoms with van der Waals surface area (Å²) >= 11 is 1.84. The predicted octanol–water partition coefficient (Wildman–Crippen LogP) is -0.00720. The third kappa shape index (κ3) is 1.68. The number of hydrogen-bond acceptors (Lipinski definition) is 4. The van der Waals surface area contributed by atoms with Gasteiger partial charge in [0.05, 0.1) is 12.6 Å². The van der Waals surface area contributed by atoms with E-state index in [4.69, 9.17) is 0 Å². The van der Waals surface area contributed by atoms with Crippen molar-refractivity contribution in [3.8, 4) is 0 Å². The number of nitrogens with one attached hydrogen (secondary N) is 1. The van der Waals surface area contributed by atoms with E-state index in [-0.39, 0.29) is 0 Å². The van der Waals surface area contributed by atoms with Crippen LogP contribution in [-0.4, -0.2) is 48.5 Å². The molecule has 1 saturated heterocycles. The molecule has 62 valence electrons. The monoisotopic (exact) mass is 171 g/mol. The van der Waals surface area contributed by atoms with Crippen LogP contribution in [0.1, 0.15) is 0 Å². The second-order valence-corrected chi connectivity index (χ2v) is 4.18. The molecule has 0 aromatic rings. The molecule has 2 aliphatic heterocycles. The average Bonchev–Trinajstić information content (AvgIpc) is 2.36. The van der Waals surface area contributed by atoms with E-state index in [1.807, 2.05) is 11.8 Å². The van der Waals surface area contributed by atoms with Gasteiger partial charge >= 0.3 is 0 Å². The highest BCUT2D eigenvalue weighted by Crippen LogP contribution is 2.12. The number of rotatable bonds is 1. The molecule has 1 fully saturated rings. The SMILES string of the molecule is CN1CC(NC2=NCCS2)C1. The predicted molar refractivity (Wildman–Crippen MR) is 49.2 cm³/mol. The van der Waals surface area contributed by atoms with Gasteiger partial charge in [-0.15, -0.1) is 0 Å². The molecule has 4 heteroatoms. The van der Waals surface area contributed by atoms with Crippen LogP contribution in [0.2, 0.25) is 0 Å². The molecule has 0 unspecified atom stereocenters. The first-order valence-corrected chi connectivity index (χ1v) is 4.95. The topological polar surface area (TPSA) is 27.6 Å². The number of aliphatic imine (C=N–C) groups is 1. The van der Waals surface area contributed by atoms with Gasteiger partial charge in [0.2, 0.25) is 0 Å². The van der Waals surface area contributed by atoms with E-state index in [9.17, 15) is 0 Å². The number of likely N-dealkylation sites (N-methyl/N-ethyl adjacent to an activating group) is 1.